The number of amides is 1. The summed E-state index contributed by atoms with van der Waals surface area (Å²) in [5.74, 6) is -0.616. The monoisotopic (exact) mass is 461 g/mol. The molecule has 2 aliphatic heterocycles. The molecule has 3 aliphatic rings. The van der Waals surface area contributed by atoms with Crippen LogP contribution in [0.15, 0.2) is 28.6 Å². The van der Waals surface area contributed by atoms with Crippen molar-refractivity contribution in [1.29, 1.82) is 0 Å². The molecule has 0 aromatic carbocycles. The molecule has 1 saturated carbocycles. The Labute approximate surface area is 194 Å². The molecule has 3 N–H and O–H groups in total. The van der Waals surface area contributed by atoms with Gasteiger partial charge in [-0.3, -0.25) is 19.1 Å². The molecule has 0 saturated heterocycles. The Morgan fingerprint density at radius 1 is 1.27 bits per heavy atom. The average Bonchev–Trinajstić information content (AvgIpc) is 3.11. The Hall–Kier alpha value is -2.45. The van der Waals surface area contributed by atoms with Crippen molar-refractivity contribution in [3.05, 3.63) is 51.0 Å². The van der Waals surface area contributed by atoms with E-state index in [0.29, 0.717) is 25.1 Å². The van der Waals surface area contributed by atoms with Crippen LogP contribution < -0.4 is 10.9 Å². The van der Waals surface area contributed by atoms with Crippen LogP contribution in [-0.4, -0.2) is 45.4 Å². The minimum atomic E-state index is -1.22. The van der Waals surface area contributed by atoms with Crippen LogP contribution >= 0.6 is 0 Å². The fourth-order valence-corrected chi connectivity index (χ4v) is 4.81. The van der Waals surface area contributed by atoms with Crippen molar-refractivity contribution in [2.75, 3.05) is 19.8 Å². The van der Waals surface area contributed by atoms with Crippen molar-refractivity contribution in [3.8, 4) is 5.75 Å². The zero-order chi connectivity index (χ0) is 24.1. The van der Waals surface area contributed by atoms with E-state index in [0.717, 1.165) is 37.7 Å². The van der Waals surface area contributed by atoms with E-state index in [1.54, 1.807) is 11.0 Å². The van der Waals surface area contributed by atoms with Crippen molar-refractivity contribution in [2.45, 2.75) is 71.7 Å². The van der Waals surface area contributed by atoms with Gasteiger partial charge in [-0.25, -0.2) is 4.39 Å². The molecule has 3 heterocycles. The minimum Gasteiger partial charge on any atom is -0.503 e. The van der Waals surface area contributed by atoms with E-state index < -0.39 is 30.4 Å². The number of alkyl halides is 1. The van der Waals surface area contributed by atoms with Gasteiger partial charge in [-0.15, -0.1) is 0 Å². The average molecular weight is 462 g/mol. The summed E-state index contributed by atoms with van der Waals surface area (Å²) >= 11 is 0. The van der Waals surface area contributed by atoms with Crippen molar-refractivity contribution in [1.82, 2.24) is 14.8 Å². The number of pyridine rings is 1. The van der Waals surface area contributed by atoms with E-state index >= 15 is 0 Å². The second kappa shape index (κ2) is 11.1. The first-order chi connectivity index (χ1) is 16.0. The first kappa shape index (κ1) is 25.2. The van der Waals surface area contributed by atoms with Crippen LogP contribution in [0, 0.1) is 5.92 Å². The number of carbonyl (C=O) groups excluding carboxylic acids is 1. The molecule has 0 radical (unpaired) electrons. The molecule has 7 nitrogen and oxygen atoms in total. The summed E-state index contributed by atoms with van der Waals surface area (Å²) in [5.41, 5.74) is 1.16. The molecule has 2 atom stereocenters. The molecule has 4 rings (SSSR count). The lowest BCUT2D eigenvalue weighted by atomic mass is 9.83. The number of aliphatic hydroxyl groups is 1. The van der Waals surface area contributed by atoms with Gasteiger partial charge in [0.05, 0.1) is 0 Å². The zero-order valence-corrected chi connectivity index (χ0v) is 19.8. The molecule has 1 aromatic rings. The molecule has 1 amide bonds. The Bertz CT molecular complexity index is 981. The lowest BCUT2D eigenvalue weighted by Gasteiger charge is -2.36. The SMILES string of the molecule is CC.CCC/C=C(\C=C/CF)CN1CCc2c(c(O)c(=O)n3c2C(=O)NC3C2CCC2)C1O. The molecule has 33 heavy (non-hydrogen) atoms. The predicted octanol–water partition coefficient (Wildman–Crippen LogP) is 3.72. The maximum Gasteiger partial charge on any atom is 0.295 e. The number of fused-ring (bicyclic) bond motifs is 3. The second-order valence-electron chi connectivity index (χ2n) is 8.59. The Kier molecular flexibility index (Phi) is 8.48. The van der Waals surface area contributed by atoms with E-state index in [1.165, 1.54) is 10.6 Å². The van der Waals surface area contributed by atoms with Crippen LogP contribution in [0.5, 0.6) is 5.75 Å². The molecule has 1 aromatic heterocycles. The number of aliphatic hydroxyl groups excluding tert-OH is 1. The fourth-order valence-electron chi connectivity index (χ4n) is 4.81. The number of hydrogen-bond acceptors (Lipinski definition) is 5. The van der Waals surface area contributed by atoms with Gasteiger partial charge < -0.3 is 15.5 Å². The maximum atomic E-state index is 13.0. The smallest absolute Gasteiger partial charge is 0.295 e. The fraction of sp³-hybridized carbons (Fsp3) is 0.600. The van der Waals surface area contributed by atoms with Gasteiger partial charge in [0.15, 0.2) is 5.75 Å². The number of rotatable bonds is 7. The summed E-state index contributed by atoms with van der Waals surface area (Å²) in [6, 6.07) is 0. The lowest BCUT2D eigenvalue weighted by Crippen LogP contribution is -2.40. The standard InChI is InChI=1S/C23H30FN3O4.C2H6/c1-2-3-6-14(7-5-11-24)13-26-12-10-16-17(22(26)30)19(28)23(31)27-18(16)21(29)25-20(27)15-8-4-9-15;1-2/h5-7,15,20,22,28,30H,2-4,8-13H2,1H3,(H,25,29);1-2H3/b7-5-,14-6+;. The molecule has 8 heteroatoms. The van der Waals surface area contributed by atoms with Crippen LogP contribution in [-0.2, 0) is 6.42 Å². The number of aromatic nitrogens is 1. The number of allylic oxidation sites excluding steroid dienone is 2. The lowest BCUT2D eigenvalue weighted by molar-refractivity contribution is -0.00186. The number of hydrogen-bond donors (Lipinski definition) is 3. The van der Waals surface area contributed by atoms with Crippen LogP contribution in [0.3, 0.4) is 0 Å². The van der Waals surface area contributed by atoms with Gasteiger partial charge in [-0.2, -0.15) is 0 Å². The van der Waals surface area contributed by atoms with Gasteiger partial charge in [0, 0.05) is 18.7 Å². The van der Waals surface area contributed by atoms with E-state index in [9.17, 15) is 24.2 Å². The van der Waals surface area contributed by atoms with E-state index in [1.807, 2.05) is 26.8 Å². The predicted molar refractivity (Wildman–Crippen MR) is 126 cm³/mol. The third kappa shape index (κ3) is 4.77. The van der Waals surface area contributed by atoms with Gasteiger partial charge >= 0.3 is 0 Å². The quantitative estimate of drug-likeness (QED) is 0.538. The van der Waals surface area contributed by atoms with Crippen LogP contribution in [0.25, 0.3) is 0 Å². The second-order valence-corrected chi connectivity index (χ2v) is 8.59. The van der Waals surface area contributed by atoms with Gasteiger partial charge in [-0.05, 0) is 42.7 Å². The molecule has 182 valence electrons. The summed E-state index contributed by atoms with van der Waals surface area (Å²) in [6.45, 7) is 6.28. The minimum absolute atomic E-state index is 0.122. The number of aromatic hydroxyl groups is 1. The van der Waals surface area contributed by atoms with Crippen molar-refractivity contribution < 1.29 is 19.4 Å². The number of nitrogens with zero attached hydrogens (tertiary/aromatic N) is 2. The molecule has 2 unspecified atom stereocenters. The number of halogens is 1. The Balaban J connectivity index is 0.00000149. The molecule has 0 bridgehead atoms. The highest BCUT2D eigenvalue weighted by Gasteiger charge is 2.43. The van der Waals surface area contributed by atoms with E-state index in [-0.39, 0.29) is 23.1 Å². The maximum absolute atomic E-state index is 13.0. The highest BCUT2D eigenvalue weighted by molar-refractivity contribution is 5.96. The largest absolute Gasteiger partial charge is 0.503 e. The Morgan fingerprint density at radius 3 is 2.61 bits per heavy atom. The third-order valence-electron chi connectivity index (χ3n) is 6.65. The summed E-state index contributed by atoms with van der Waals surface area (Å²) in [6.07, 6.45) is 8.61. The van der Waals surface area contributed by atoms with Crippen LogP contribution in [0.4, 0.5) is 4.39 Å². The van der Waals surface area contributed by atoms with Gasteiger partial charge in [-0.1, -0.05) is 51.8 Å². The van der Waals surface area contributed by atoms with Crippen molar-refractivity contribution in [3.63, 3.8) is 0 Å². The molecular formula is C25H36FN3O4. The van der Waals surface area contributed by atoms with Gasteiger partial charge in [0.2, 0.25) is 0 Å². The highest BCUT2D eigenvalue weighted by atomic mass is 19.1. The van der Waals surface area contributed by atoms with Crippen LogP contribution in [0.1, 0.15) is 86.9 Å². The first-order valence-corrected chi connectivity index (χ1v) is 12.1. The van der Waals surface area contributed by atoms with E-state index in [4.69, 9.17) is 0 Å². The number of carbonyl (C=O) groups is 1. The molecule has 1 aliphatic carbocycles. The third-order valence-corrected chi connectivity index (χ3v) is 6.65. The Morgan fingerprint density at radius 2 is 2.00 bits per heavy atom. The van der Waals surface area contributed by atoms with Gasteiger partial charge in [0.1, 0.15) is 24.8 Å². The molecule has 1 fully saturated rings. The normalized spacial score (nSPS) is 22.9. The van der Waals surface area contributed by atoms with E-state index in [2.05, 4.69) is 5.32 Å². The number of unbranched alkanes of at least 4 members (excludes halogenated alkanes) is 1. The van der Waals surface area contributed by atoms with Crippen molar-refractivity contribution in [2.24, 2.45) is 5.92 Å². The first-order valence-electron chi connectivity index (χ1n) is 12.1. The number of nitrogens with one attached hydrogen (secondary N) is 1. The van der Waals surface area contributed by atoms with Gasteiger partial charge in [0.25, 0.3) is 11.5 Å². The summed E-state index contributed by atoms with van der Waals surface area (Å²) < 4.78 is 14.0. The topological polar surface area (TPSA) is 94.8 Å². The summed E-state index contributed by atoms with van der Waals surface area (Å²) in [4.78, 5) is 27.5. The van der Waals surface area contributed by atoms with Crippen LogP contribution in [0.2, 0.25) is 0 Å². The highest BCUT2D eigenvalue weighted by Crippen LogP contribution is 2.41. The van der Waals surface area contributed by atoms with Crippen molar-refractivity contribution >= 4 is 5.91 Å². The zero-order valence-electron chi connectivity index (χ0n) is 19.8. The molecular weight excluding hydrogens is 425 g/mol. The summed E-state index contributed by atoms with van der Waals surface area (Å²) in [7, 11) is 0. The summed E-state index contributed by atoms with van der Waals surface area (Å²) in [5, 5.41) is 24.7. The molecule has 0 spiro atoms.